The number of ketones is 4. The first-order valence-electron chi connectivity index (χ1n) is 15.5. The molecule has 9 heteroatoms. The Morgan fingerprint density at radius 2 is 1.77 bits per heavy atom. The van der Waals surface area contributed by atoms with Crippen molar-refractivity contribution in [2.45, 2.75) is 75.9 Å². The van der Waals surface area contributed by atoms with Gasteiger partial charge in [0.1, 0.15) is 5.75 Å². The van der Waals surface area contributed by atoms with Gasteiger partial charge in [-0.05, 0) is 80.8 Å². The van der Waals surface area contributed by atoms with E-state index in [4.69, 9.17) is 5.73 Å². The summed E-state index contributed by atoms with van der Waals surface area (Å²) in [4.78, 5) is 68.4. The van der Waals surface area contributed by atoms with Gasteiger partial charge in [-0.15, -0.1) is 0 Å². The molecule has 3 fully saturated rings. The van der Waals surface area contributed by atoms with E-state index >= 15 is 0 Å². The van der Waals surface area contributed by atoms with Crippen LogP contribution in [-0.4, -0.2) is 69.9 Å². The van der Waals surface area contributed by atoms with Crippen LogP contribution in [0.2, 0.25) is 0 Å². The summed E-state index contributed by atoms with van der Waals surface area (Å²) >= 11 is 0. The summed E-state index contributed by atoms with van der Waals surface area (Å²) in [5.74, 6) is -9.46. The number of nitrogens with zero attached hydrogens (tertiary/aromatic N) is 1. The number of carbonyl (C=O) groups excluding carboxylic acids is 5. The van der Waals surface area contributed by atoms with Crippen LogP contribution >= 0.6 is 0 Å². The number of hydrogen-bond acceptors (Lipinski definition) is 8. The van der Waals surface area contributed by atoms with Crippen LogP contribution in [0.25, 0.3) is 5.57 Å². The lowest BCUT2D eigenvalue weighted by molar-refractivity contribution is -0.181. The number of phenols is 1. The predicted octanol–water partition coefficient (Wildman–Crippen LogP) is 2.94. The molecule has 5 aliphatic rings. The maximum atomic E-state index is 14.0. The van der Waals surface area contributed by atoms with E-state index in [0.717, 1.165) is 29.9 Å². The molecule has 4 N–H and O–H groups in total. The maximum absolute atomic E-state index is 14.0. The van der Waals surface area contributed by atoms with Crippen molar-refractivity contribution in [2.24, 2.45) is 35.3 Å². The largest absolute Gasteiger partial charge is 0.507 e. The lowest BCUT2D eigenvalue weighted by Gasteiger charge is -2.52. The quantitative estimate of drug-likeness (QED) is 0.429. The Morgan fingerprint density at radius 1 is 1.05 bits per heavy atom. The van der Waals surface area contributed by atoms with Gasteiger partial charge in [-0.3, -0.25) is 28.9 Å². The molecule has 9 nitrogen and oxygen atoms in total. The molecule has 3 saturated carbocycles. The van der Waals surface area contributed by atoms with E-state index in [0.29, 0.717) is 5.56 Å². The lowest BCUT2D eigenvalue weighted by Crippen LogP contribution is -2.74. The van der Waals surface area contributed by atoms with Gasteiger partial charge in [0, 0.05) is 5.92 Å². The molecule has 6 atom stereocenters. The average Bonchev–Trinajstić information content (AvgIpc) is 3.43. The zero-order valence-corrected chi connectivity index (χ0v) is 24.8. The maximum Gasteiger partial charge on any atom is 0.235 e. The first-order chi connectivity index (χ1) is 20.4. The number of likely N-dealkylation sites (N-methyl/N-ethyl adjacent to an activating group) is 1. The van der Waals surface area contributed by atoms with Crippen molar-refractivity contribution in [2.75, 3.05) is 14.1 Å². The summed E-state index contributed by atoms with van der Waals surface area (Å²) in [5.41, 5.74) is 6.63. The van der Waals surface area contributed by atoms with Crippen molar-refractivity contribution in [1.82, 2.24) is 4.90 Å². The lowest BCUT2D eigenvalue weighted by atomic mass is 9.52. The molecule has 3 unspecified atom stereocenters. The molecule has 0 radical (unpaired) electrons. The molecule has 6 rings (SSSR count). The Kier molecular flexibility index (Phi) is 7.53. The van der Waals surface area contributed by atoms with Crippen molar-refractivity contribution in [3.8, 4) is 5.75 Å². The van der Waals surface area contributed by atoms with Gasteiger partial charge in [-0.2, -0.15) is 0 Å². The van der Waals surface area contributed by atoms with Gasteiger partial charge >= 0.3 is 0 Å². The zero-order chi connectivity index (χ0) is 30.8. The predicted molar refractivity (Wildman–Crippen MR) is 158 cm³/mol. The number of amides is 1. The fourth-order valence-electron chi connectivity index (χ4n) is 8.71. The van der Waals surface area contributed by atoms with Gasteiger partial charge in [-0.1, -0.05) is 55.9 Å². The topological polar surface area (TPSA) is 155 Å². The zero-order valence-electron chi connectivity index (χ0n) is 24.8. The Bertz CT molecular complexity index is 1480. The molecule has 0 aliphatic heterocycles. The van der Waals surface area contributed by atoms with E-state index in [2.05, 4.69) is 12.2 Å². The molecule has 228 valence electrons. The van der Waals surface area contributed by atoms with Crippen molar-refractivity contribution in [3.05, 3.63) is 46.5 Å². The van der Waals surface area contributed by atoms with Crippen LogP contribution in [-0.2, 0) is 25.6 Å². The number of nitrogens with two attached hydrogens (primary N) is 1. The highest BCUT2D eigenvalue weighted by Crippen LogP contribution is 2.52. The number of aromatic hydroxyl groups is 1. The van der Waals surface area contributed by atoms with E-state index in [1.54, 1.807) is 14.1 Å². The van der Waals surface area contributed by atoms with Crippen molar-refractivity contribution in [1.29, 1.82) is 0 Å². The highest BCUT2D eigenvalue weighted by Gasteiger charge is 2.69. The van der Waals surface area contributed by atoms with E-state index in [-0.39, 0.29) is 24.2 Å². The molecule has 0 saturated heterocycles. The number of primary amides is 1. The van der Waals surface area contributed by atoms with E-state index in [9.17, 15) is 34.2 Å². The summed E-state index contributed by atoms with van der Waals surface area (Å²) in [5, 5.41) is 22.6. The molecule has 1 aromatic carbocycles. The van der Waals surface area contributed by atoms with Crippen LogP contribution in [0.1, 0.15) is 79.3 Å². The number of aliphatic hydroxyl groups is 1. The number of Topliss-reactive ketones (excluding diaryl/α,β-unsaturated/α-hetero) is 4. The molecular weight excluding hydrogens is 548 g/mol. The molecule has 0 spiro atoms. The van der Waals surface area contributed by atoms with Crippen LogP contribution in [0.3, 0.4) is 0 Å². The Morgan fingerprint density at radius 3 is 2.44 bits per heavy atom. The molecule has 0 bridgehead atoms. The Hall–Kier alpha value is -3.43. The normalized spacial score (nSPS) is 32.7. The monoisotopic (exact) mass is 588 g/mol. The highest BCUT2D eigenvalue weighted by molar-refractivity contribution is 6.32. The second-order valence-corrected chi connectivity index (χ2v) is 13.5. The van der Waals surface area contributed by atoms with Gasteiger partial charge in [0.2, 0.25) is 5.91 Å². The molecule has 1 amide bonds. The van der Waals surface area contributed by atoms with Gasteiger partial charge < -0.3 is 15.9 Å². The summed E-state index contributed by atoms with van der Waals surface area (Å²) < 4.78 is 0. The van der Waals surface area contributed by atoms with Crippen LogP contribution in [0.5, 0.6) is 5.75 Å². The number of rotatable bonds is 6. The van der Waals surface area contributed by atoms with E-state index < -0.39 is 64.4 Å². The summed E-state index contributed by atoms with van der Waals surface area (Å²) in [7, 11) is 3.16. The highest BCUT2D eigenvalue weighted by atomic mass is 16.3. The van der Waals surface area contributed by atoms with Crippen LogP contribution in [0.15, 0.2) is 29.9 Å². The number of allylic oxidation sites excluding steroid dienone is 4. The fraction of sp³-hybridized carbons (Fsp3) is 0.559. The standard InChI is InChI=1S/C34H40N2O7/c1-36(2)28-23-16-20-15-22-21(19-11-10-18(14-19)9-8-17-6-4-3-5-7-17)12-13-24(37)26(22)29(38)25(20)31(40)34(23,43)32(41)27(30(28)39)33(35)42/h10-13,17,20,23,25,27-28,37,43H,3-9,14-16H2,1-2H3,(H2,35,42)/t20-,23-,25?,27?,28?,34-/m1/s1. The smallest absolute Gasteiger partial charge is 0.235 e. The van der Waals surface area contributed by atoms with E-state index in [1.807, 2.05) is 6.07 Å². The molecule has 1 aromatic rings. The van der Waals surface area contributed by atoms with Gasteiger partial charge in [0.05, 0.1) is 17.5 Å². The number of fused-ring (bicyclic) bond motifs is 3. The van der Waals surface area contributed by atoms with Gasteiger partial charge in [-0.25, -0.2) is 0 Å². The third-order valence-electron chi connectivity index (χ3n) is 10.8. The van der Waals surface area contributed by atoms with Crippen LogP contribution in [0, 0.1) is 29.6 Å². The second-order valence-electron chi connectivity index (χ2n) is 13.5. The third-order valence-corrected chi connectivity index (χ3v) is 10.8. The molecule has 0 heterocycles. The average molecular weight is 589 g/mol. The Balaban J connectivity index is 1.31. The minimum atomic E-state index is -2.71. The molecule has 43 heavy (non-hydrogen) atoms. The number of phenolic OH excluding ortho intramolecular Hbond substituents is 1. The van der Waals surface area contributed by atoms with Crippen molar-refractivity contribution in [3.63, 3.8) is 0 Å². The Labute approximate surface area is 251 Å². The number of benzene rings is 1. The minimum Gasteiger partial charge on any atom is -0.507 e. The number of carbonyl (C=O) groups is 5. The van der Waals surface area contributed by atoms with Crippen LogP contribution < -0.4 is 5.73 Å². The minimum absolute atomic E-state index is 0.0423. The van der Waals surface area contributed by atoms with Crippen molar-refractivity contribution < 1.29 is 34.2 Å². The van der Waals surface area contributed by atoms with Crippen molar-refractivity contribution >= 4 is 34.6 Å². The van der Waals surface area contributed by atoms with E-state index in [1.165, 1.54) is 55.1 Å². The second kappa shape index (κ2) is 10.9. The van der Waals surface area contributed by atoms with Gasteiger partial charge in [0.25, 0.3) is 0 Å². The molecule has 0 aromatic heterocycles. The SMILES string of the molecule is CN(C)C1C(=O)C(C(N)=O)C(=O)[C@]2(O)C(=O)C3C(=O)c4c(O)ccc(C5=CC=C(CCC6CCCCC6)C5)c4C[C@@H]3C[C@H]12. The summed E-state index contributed by atoms with van der Waals surface area (Å²) in [6.45, 7) is 0. The summed E-state index contributed by atoms with van der Waals surface area (Å²) in [6, 6.07) is 2.17. The summed E-state index contributed by atoms with van der Waals surface area (Å²) in [6.07, 6.45) is 14.1. The first kappa shape index (κ1) is 29.6. The first-order valence-corrected chi connectivity index (χ1v) is 15.5. The fourth-order valence-corrected chi connectivity index (χ4v) is 8.71. The molecule has 5 aliphatic carbocycles. The third kappa shape index (κ3) is 4.63. The number of hydrogen-bond donors (Lipinski definition) is 3. The van der Waals surface area contributed by atoms with Crippen LogP contribution in [0.4, 0.5) is 0 Å². The van der Waals surface area contributed by atoms with Gasteiger partial charge in [0.15, 0.2) is 34.7 Å². The molecular formula is C34H40N2O7.